The van der Waals surface area contributed by atoms with Crippen molar-refractivity contribution in [1.82, 2.24) is 9.97 Å². The maximum atomic E-state index is 13.2. The second-order valence-electron chi connectivity index (χ2n) is 4.69. The van der Waals surface area contributed by atoms with Gasteiger partial charge in [0.1, 0.15) is 18.1 Å². The standard InChI is InChI=1S/C15H16FN5O/c1-10-6-19-15(20-7-10)22-9-13(21-17)8-18-12-3-4-14(16)11(2)5-12/h3-8,17-18H,9H2,1-2H3/b13-8-,21-17?. The Morgan fingerprint density at radius 2 is 2.09 bits per heavy atom. The van der Waals surface area contributed by atoms with Gasteiger partial charge in [-0.15, -0.1) is 0 Å². The normalized spacial score (nSPS) is 11.1. The Balaban J connectivity index is 1.96. The van der Waals surface area contributed by atoms with Gasteiger partial charge in [-0.05, 0) is 43.2 Å². The van der Waals surface area contributed by atoms with Gasteiger partial charge < -0.3 is 10.1 Å². The summed E-state index contributed by atoms with van der Waals surface area (Å²) in [5.41, 5.74) is 9.66. The fourth-order valence-electron chi connectivity index (χ4n) is 1.60. The number of nitrogens with zero attached hydrogens (tertiary/aromatic N) is 3. The maximum absolute atomic E-state index is 13.2. The minimum absolute atomic E-state index is 0.0553. The highest BCUT2D eigenvalue weighted by Crippen LogP contribution is 2.14. The molecule has 2 aromatic rings. The Kier molecular flexibility index (Phi) is 5.13. The quantitative estimate of drug-likeness (QED) is 0.799. The molecular weight excluding hydrogens is 285 g/mol. The zero-order valence-corrected chi connectivity index (χ0v) is 12.3. The van der Waals surface area contributed by atoms with E-state index >= 15 is 0 Å². The predicted molar refractivity (Wildman–Crippen MR) is 80.3 cm³/mol. The SMILES string of the molecule is Cc1cnc(OC/C(=C/Nc2ccc(F)c(C)c2)N=N)nc1. The number of aromatic nitrogens is 2. The third-order valence-electron chi connectivity index (χ3n) is 2.81. The summed E-state index contributed by atoms with van der Waals surface area (Å²) in [5.74, 6) is -0.264. The molecule has 22 heavy (non-hydrogen) atoms. The Labute approximate surface area is 127 Å². The fourth-order valence-corrected chi connectivity index (χ4v) is 1.60. The van der Waals surface area contributed by atoms with E-state index in [4.69, 9.17) is 10.3 Å². The van der Waals surface area contributed by atoms with Gasteiger partial charge in [0, 0.05) is 24.3 Å². The van der Waals surface area contributed by atoms with Crippen molar-refractivity contribution in [2.75, 3.05) is 11.9 Å². The zero-order chi connectivity index (χ0) is 15.9. The molecule has 1 aromatic heterocycles. The summed E-state index contributed by atoms with van der Waals surface area (Å²) in [7, 11) is 0. The molecule has 0 saturated heterocycles. The van der Waals surface area contributed by atoms with Crippen LogP contribution in [-0.2, 0) is 0 Å². The summed E-state index contributed by atoms with van der Waals surface area (Å²) in [6.07, 6.45) is 4.81. The molecule has 7 heteroatoms. The third-order valence-corrected chi connectivity index (χ3v) is 2.81. The number of hydrogen-bond acceptors (Lipinski definition) is 6. The van der Waals surface area contributed by atoms with Crippen LogP contribution in [0.15, 0.2) is 47.6 Å². The fraction of sp³-hybridized carbons (Fsp3) is 0.200. The highest BCUT2D eigenvalue weighted by Gasteiger charge is 2.02. The van der Waals surface area contributed by atoms with Crippen molar-refractivity contribution >= 4 is 5.69 Å². The van der Waals surface area contributed by atoms with E-state index in [1.54, 1.807) is 31.5 Å². The summed E-state index contributed by atoms with van der Waals surface area (Å²) in [5, 5.41) is 6.32. The number of hydrogen-bond donors (Lipinski definition) is 2. The van der Waals surface area contributed by atoms with Crippen molar-refractivity contribution in [2.24, 2.45) is 5.11 Å². The molecule has 0 spiro atoms. The molecule has 2 rings (SSSR count). The molecule has 0 bridgehead atoms. The Morgan fingerprint density at radius 1 is 1.36 bits per heavy atom. The van der Waals surface area contributed by atoms with Gasteiger partial charge in [-0.2, -0.15) is 5.11 Å². The van der Waals surface area contributed by atoms with Crippen LogP contribution in [-0.4, -0.2) is 16.6 Å². The number of ether oxygens (including phenoxy) is 1. The molecule has 0 saturated carbocycles. The van der Waals surface area contributed by atoms with Crippen molar-refractivity contribution < 1.29 is 9.13 Å². The van der Waals surface area contributed by atoms with Crippen LogP contribution in [0.3, 0.4) is 0 Å². The lowest BCUT2D eigenvalue weighted by atomic mass is 10.2. The van der Waals surface area contributed by atoms with Crippen LogP contribution in [0.2, 0.25) is 0 Å². The third kappa shape index (κ3) is 4.34. The van der Waals surface area contributed by atoms with Crippen LogP contribution >= 0.6 is 0 Å². The molecule has 0 atom stereocenters. The molecule has 0 fully saturated rings. The molecule has 6 nitrogen and oxygen atoms in total. The number of halogens is 1. The van der Waals surface area contributed by atoms with E-state index in [0.29, 0.717) is 16.9 Å². The van der Waals surface area contributed by atoms with Crippen molar-refractivity contribution in [1.29, 1.82) is 5.53 Å². The Morgan fingerprint density at radius 3 is 2.73 bits per heavy atom. The number of aryl methyl sites for hydroxylation is 2. The topological polar surface area (TPSA) is 83.2 Å². The first-order valence-corrected chi connectivity index (χ1v) is 6.59. The van der Waals surface area contributed by atoms with Crippen LogP contribution in [0.25, 0.3) is 0 Å². The van der Waals surface area contributed by atoms with E-state index in [0.717, 1.165) is 5.56 Å². The van der Waals surface area contributed by atoms with E-state index in [1.807, 2.05) is 6.92 Å². The first-order chi connectivity index (χ1) is 10.6. The van der Waals surface area contributed by atoms with Crippen LogP contribution in [0, 0.1) is 25.2 Å². The zero-order valence-electron chi connectivity index (χ0n) is 12.3. The van der Waals surface area contributed by atoms with E-state index in [2.05, 4.69) is 20.4 Å². The molecule has 1 aromatic carbocycles. The Hall–Kier alpha value is -2.83. The summed E-state index contributed by atoms with van der Waals surface area (Å²) < 4.78 is 18.5. The van der Waals surface area contributed by atoms with Crippen LogP contribution in [0.4, 0.5) is 10.1 Å². The van der Waals surface area contributed by atoms with E-state index in [1.165, 1.54) is 12.3 Å². The smallest absolute Gasteiger partial charge is 0.316 e. The second kappa shape index (κ2) is 7.26. The van der Waals surface area contributed by atoms with Crippen LogP contribution < -0.4 is 10.1 Å². The van der Waals surface area contributed by atoms with Gasteiger partial charge in [0.05, 0.1) is 0 Å². The van der Waals surface area contributed by atoms with Gasteiger partial charge in [0.25, 0.3) is 0 Å². The highest BCUT2D eigenvalue weighted by molar-refractivity contribution is 5.48. The lowest BCUT2D eigenvalue weighted by Gasteiger charge is -2.06. The van der Waals surface area contributed by atoms with Gasteiger partial charge in [-0.25, -0.2) is 19.9 Å². The summed E-state index contributed by atoms with van der Waals surface area (Å²) in [6.45, 7) is 3.61. The Bertz CT molecular complexity index is 685. The number of benzene rings is 1. The molecule has 0 aliphatic heterocycles. The first-order valence-electron chi connectivity index (χ1n) is 6.59. The van der Waals surface area contributed by atoms with Crippen molar-refractivity contribution in [2.45, 2.75) is 13.8 Å². The lowest BCUT2D eigenvalue weighted by Crippen LogP contribution is -2.04. The minimum atomic E-state index is -0.264. The maximum Gasteiger partial charge on any atom is 0.316 e. The first kappa shape index (κ1) is 15.6. The summed E-state index contributed by atoms with van der Waals surface area (Å²) >= 11 is 0. The lowest BCUT2D eigenvalue weighted by molar-refractivity contribution is 0.320. The van der Waals surface area contributed by atoms with Crippen molar-refractivity contribution in [3.05, 3.63) is 59.4 Å². The molecule has 114 valence electrons. The molecule has 0 unspecified atom stereocenters. The number of nitrogens with one attached hydrogen (secondary N) is 2. The number of anilines is 1. The highest BCUT2D eigenvalue weighted by atomic mass is 19.1. The molecule has 0 amide bonds. The average molecular weight is 301 g/mol. The molecule has 0 radical (unpaired) electrons. The van der Waals surface area contributed by atoms with Crippen LogP contribution in [0.1, 0.15) is 11.1 Å². The van der Waals surface area contributed by atoms with Gasteiger partial charge in [-0.3, -0.25) is 0 Å². The number of rotatable bonds is 6. The van der Waals surface area contributed by atoms with Crippen LogP contribution in [0.5, 0.6) is 6.01 Å². The van der Waals surface area contributed by atoms with Gasteiger partial charge in [0.2, 0.25) is 0 Å². The van der Waals surface area contributed by atoms with E-state index in [9.17, 15) is 4.39 Å². The molecule has 0 aliphatic carbocycles. The molecule has 2 N–H and O–H groups in total. The summed E-state index contributed by atoms with van der Waals surface area (Å²) in [6, 6.07) is 4.86. The van der Waals surface area contributed by atoms with E-state index in [-0.39, 0.29) is 18.4 Å². The molecule has 1 heterocycles. The average Bonchev–Trinajstić information content (AvgIpc) is 2.52. The monoisotopic (exact) mass is 301 g/mol. The summed E-state index contributed by atoms with van der Waals surface area (Å²) in [4.78, 5) is 8.00. The van der Waals surface area contributed by atoms with E-state index < -0.39 is 0 Å². The van der Waals surface area contributed by atoms with Gasteiger partial charge in [0.15, 0.2) is 0 Å². The second-order valence-corrected chi connectivity index (χ2v) is 4.69. The van der Waals surface area contributed by atoms with Gasteiger partial charge in [-0.1, -0.05) is 0 Å². The van der Waals surface area contributed by atoms with Crippen molar-refractivity contribution in [3.63, 3.8) is 0 Å². The molecule has 0 aliphatic rings. The predicted octanol–water partition coefficient (Wildman–Crippen LogP) is 3.60. The van der Waals surface area contributed by atoms with Crippen molar-refractivity contribution in [3.8, 4) is 6.01 Å². The minimum Gasteiger partial charge on any atom is -0.457 e. The molecular formula is C15H16FN5O. The van der Waals surface area contributed by atoms with Gasteiger partial charge >= 0.3 is 6.01 Å². The largest absolute Gasteiger partial charge is 0.457 e.